The van der Waals surface area contributed by atoms with Crippen LogP contribution in [0.2, 0.25) is 0 Å². The quantitative estimate of drug-likeness (QED) is 0.877. The molecule has 0 heterocycles. The summed E-state index contributed by atoms with van der Waals surface area (Å²) in [5.41, 5.74) is 2.99. The molecule has 0 saturated carbocycles. The normalized spacial score (nSPS) is 10.1. The third-order valence-electron chi connectivity index (χ3n) is 3.15. The van der Waals surface area contributed by atoms with Crippen molar-refractivity contribution < 1.29 is 14.6 Å². The number of aromatic carboxylic acids is 1. The van der Waals surface area contributed by atoms with Gasteiger partial charge in [-0.05, 0) is 41.8 Å². The third-order valence-corrected chi connectivity index (χ3v) is 3.15. The Kier molecular flexibility index (Phi) is 4.25. The first-order chi connectivity index (χ1) is 9.63. The van der Waals surface area contributed by atoms with Crippen LogP contribution in [0.5, 0.6) is 5.75 Å². The van der Waals surface area contributed by atoms with Crippen molar-refractivity contribution in [3.05, 3.63) is 59.2 Å². The number of ether oxygens (including phenoxy) is 1. The van der Waals surface area contributed by atoms with Crippen molar-refractivity contribution >= 4 is 11.7 Å². The predicted octanol–water partition coefficient (Wildman–Crippen LogP) is 3.03. The third kappa shape index (κ3) is 3.09. The highest BCUT2D eigenvalue weighted by atomic mass is 16.5. The van der Waals surface area contributed by atoms with Crippen LogP contribution in [-0.2, 0) is 6.42 Å². The van der Waals surface area contributed by atoms with Gasteiger partial charge in [0.2, 0.25) is 0 Å². The van der Waals surface area contributed by atoms with E-state index in [4.69, 9.17) is 4.74 Å². The maximum absolute atomic E-state index is 11.2. The summed E-state index contributed by atoms with van der Waals surface area (Å²) >= 11 is 0. The van der Waals surface area contributed by atoms with E-state index in [0.717, 1.165) is 16.9 Å². The molecule has 0 aliphatic rings. The maximum Gasteiger partial charge on any atom is 0.337 e. The summed E-state index contributed by atoms with van der Waals surface area (Å²) in [6.07, 6.45) is 0.689. The van der Waals surface area contributed by atoms with E-state index < -0.39 is 5.97 Å². The molecule has 0 bridgehead atoms. The lowest BCUT2D eigenvalue weighted by atomic mass is 10.0. The van der Waals surface area contributed by atoms with Gasteiger partial charge in [-0.1, -0.05) is 18.2 Å². The van der Waals surface area contributed by atoms with Gasteiger partial charge >= 0.3 is 5.97 Å². The minimum absolute atomic E-state index is 0.290. The fraction of sp³-hybridized carbons (Fsp3) is 0.188. The molecule has 2 aromatic carbocycles. The molecule has 104 valence electrons. The predicted molar refractivity (Wildman–Crippen MR) is 78.7 cm³/mol. The molecule has 0 spiro atoms. The Morgan fingerprint density at radius 1 is 1.15 bits per heavy atom. The van der Waals surface area contributed by atoms with E-state index in [-0.39, 0.29) is 0 Å². The fourth-order valence-corrected chi connectivity index (χ4v) is 2.08. The van der Waals surface area contributed by atoms with Gasteiger partial charge in [-0.2, -0.15) is 0 Å². The largest absolute Gasteiger partial charge is 0.497 e. The SMILES string of the molecule is CNc1ccc(Cc2ccc(OC)cc2)cc1C(=O)O. The first-order valence-corrected chi connectivity index (χ1v) is 6.31. The minimum Gasteiger partial charge on any atom is -0.497 e. The molecule has 4 nitrogen and oxygen atoms in total. The summed E-state index contributed by atoms with van der Waals surface area (Å²) in [5.74, 6) is -0.114. The number of nitrogens with one attached hydrogen (secondary N) is 1. The first-order valence-electron chi connectivity index (χ1n) is 6.31. The van der Waals surface area contributed by atoms with Crippen molar-refractivity contribution in [2.24, 2.45) is 0 Å². The van der Waals surface area contributed by atoms with Crippen molar-refractivity contribution in [2.75, 3.05) is 19.5 Å². The number of carbonyl (C=O) groups is 1. The molecule has 2 rings (SSSR count). The Morgan fingerprint density at radius 2 is 1.80 bits per heavy atom. The van der Waals surface area contributed by atoms with Crippen molar-refractivity contribution in [2.45, 2.75) is 6.42 Å². The monoisotopic (exact) mass is 271 g/mol. The highest BCUT2D eigenvalue weighted by Gasteiger charge is 2.10. The summed E-state index contributed by atoms with van der Waals surface area (Å²) < 4.78 is 5.11. The number of methoxy groups -OCH3 is 1. The molecule has 0 saturated heterocycles. The van der Waals surface area contributed by atoms with Crippen LogP contribution >= 0.6 is 0 Å². The zero-order valence-corrected chi connectivity index (χ0v) is 11.5. The van der Waals surface area contributed by atoms with Gasteiger partial charge in [-0.15, -0.1) is 0 Å². The fourth-order valence-electron chi connectivity index (χ4n) is 2.08. The zero-order chi connectivity index (χ0) is 14.5. The molecule has 4 heteroatoms. The van der Waals surface area contributed by atoms with Crippen LogP contribution in [-0.4, -0.2) is 25.2 Å². The number of hydrogen-bond acceptors (Lipinski definition) is 3. The van der Waals surface area contributed by atoms with Crippen LogP contribution in [0.1, 0.15) is 21.5 Å². The van der Waals surface area contributed by atoms with Crippen LogP contribution < -0.4 is 10.1 Å². The second kappa shape index (κ2) is 6.10. The summed E-state index contributed by atoms with van der Waals surface area (Å²) in [5, 5.41) is 12.1. The molecular formula is C16H17NO3. The highest BCUT2D eigenvalue weighted by Crippen LogP contribution is 2.20. The van der Waals surface area contributed by atoms with Gasteiger partial charge in [0.05, 0.1) is 12.7 Å². The summed E-state index contributed by atoms with van der Waals surface area (Å²) in [7, 11) is 3.34. The molecule has 0 aliphatic heterocycles. The van der Waals surface area contributed by atoms with Gasteiger partial charge in [0, 0.05) is 12.7 Å². The second-order valence-corrected chi connectivity index (χ2v) is 4.46. The van der Waals surface area contributed by atoms with Crippen LogP contribution in [0, 0.1) is 0 Å². The highest BCUT2D eigenvalue weighted by molar-refractivity contribution is 5.94. The molecule has 0 amide bonds. The zero-order valence-electron chi connectivity index (χ0n) is 11.5. The molecule has 0 aliphatic carbocycles. The van der Waals surface area contributed by atoms with Crippen LogP contribution in [0.25, 0.3) is 0 Å². The lowest BCUT2D eigenvalue weighted by Gasteiger charge is -2.09. The Morgan fingerprint density at radius 3 is 2.35 bits per heavy atom. The minimum atomic E-state index is -0.925. The topological polar surface area (TPSA) is 58.6 Å². The number of benzene rings is 2. The van der Waals surface area contributed by atoms with Crippen LogP contribution in [0.3, 0.4) is 0 Å². The van der Waals surface area contributed by atoms with Gasteiger partial charge < -0.3 is 15.2 Å². The lowest BCUT2D eigenvalue weighted by Crippen LogP contribution is -2.04. The van der Waals surface area contributed by atoms with E-state index in [9.17, 15) is 9.90 Å². The van der Waals surface area contributed by atoms with Crippen molar-refractivity contribution in [1.82, 2.24) is 0 Å². The van der Waals surface area contributed by atoms with Crippen LogP contribution in [0.4, 0.5) is 5.69 Å². The average Bonchev–Trinajstić information content (AvgIpc) is 2.48. The molecule has 0 atom stereocenters. The molecule has 0 fully saturated rings. The van der Waals surface area contributed by atoms with Crippen molar-refractivity contribution in [3.63, 3.8) is 0 Å². The Bertz CT molecular complexity index is 606. The standard InChI is InChI=1S/C16H17NO3/c1-17-15-8-5-12(10-14(15)16(18)19)9-11-3-6-13(20-2)7-4-11/h3-8,10,17H,9H2,1-2H3,(H,18,19). The van der Waals surface area contributed by atoms with Crippen molar-refractivity contribution in [3.8, 4) is 5.75 Å². The summed E-state index contributed by atoms with van der Waals surface area (Å²) in [6, 6.07) is 13.2. The molecule has 2 N–H and O–H groups in total. The molecule has 0 radical (unpaired) electrons. The number of rotatable bonds is 5. The summed E-state index contributed by atoms with van der Waals surface area (Å²) in [4.78, 5) is 11.2. The van der Waals surface area contributed by atoms with E-state index in [0.29, 0.717) is 17.7 Å². The van der Waals surface area contributed by atoms with Crippen LogP contribution in [0.15, 0.2) is 42.5 Å². The number of carboxylic acids is 1. The Hall–Kier alpha value is -2.49. The molecule has 20 heavy (non-hydrogen) atoms. The Labute approximate surface area is 118 Å². The number of hydrogen-bond donors (Lipinski definition) is 2. The summed E-state index contributed by atoms with van der Waals surface area (Å²) in [6.45, 7) is 0. The number of anilines is 1. The number of carboxylic acid groups (broad SMARTS) is 1. The van der Waals surface area contributed by atoms with Gasteiger partial charge in [0.15, 0.2) is 0 Å². The van der Waals surface area contributed by atoms with E-state index in [1.165, 1.54) is 0 Å². The van der Waals surface area contributed by atoms with Gasteiger partial charge in [0.1, 0.15) is 5.75 Å². The van der Waals surface area contributed by atoms with Gasteiger partial charge in [-0.3, -0.25) is 0 Å². The van der Waals surface area contributed by atoms with Crippen molar-refractivity contribution in [1.29, 1.82) is 0 Å². The lowest BCUT2D eigenvalue weighted by molar-refractivity contribution is 0.0698. The van der Waals surface area contributed by atoms with Gasteiger partial charge in [-0.25, -0.2) is 4.79 Å². The molecule has 0 aromatic heterocycles. The molecule has 2 aromatic rings. The Balaban J connectivity index is 2.24. The second-order valence-electron chi connectivity index (χ2n) is 4.46. The average molecular weight is 271 g/mol. The molecule has 0 unspecified atom stereocenters. The van der Waals surface area contributed by atoms with E-state index in [2.05, 4.69) is 5.32 Å². The molecular weight excluding hydrogens is 254 g/mol. The van der Waals surface area contributed by atoms with E-state index >= 15 is 0 Å². The van der Waals surface area contributed by atoms with E-state index in [1.807, 2.05) is 30.3 Å². The first kappa shape index (κ1) is 13.9. The van der Waals surface area contributed by atoms with E-state index in [1.54, 1.807) is 26.3 Å². The van der Waals surface area contributed by atoms with Gasteiger partial charge in [0.25, 0.3) is 0 Å². The smallest absolute Gasteiger partial charge is 0.337 e. The maximum atomic E-state index is 11.2.